The van der Waals surface area contributed by atoms with Crippen molar-refractivity contribution in [3.8, 4) is 17.2 Å². The summed E-state index contributed by atoms with van der Waals surface area (Å²) in [5, 5.41) is 2.88. The van der Waals surface area contributed by atoms with Gasteiger partial charge in [-0.3, -0.25) is 13.9 Å². The molecule has 0 spiro atoms. The fourth-order valence-corrected chi connectivity index (χ4v) is 5.77. The van der Waals surface area contributed by atoms with Gasteiger partial charge in [-0.15, -0.1) is 0 Å². The minimum absolute atomic E-state index is 0.0538. The van der Waals surface area contributed by atoms with E-state index in [1.807, 2.05) is 20.8 Å². The molecule has 0 aromatic heterocycles. The third-order valence-electron chi connectivity index (χ3n) is 7.09. The first kappa shape index (κ1) is 34.2. The molecular weight excluding hydrogens is 589 g/mol. The van der Waals surface area contributed by atoms with Gasteiger partial charge >= 0.3 is 0 Å². The van der Waals surface area contributed by atoms with Crippen LogP contribution in [0.2, 0.25) is 0 Å². The van der Waals surface area contributed by atoms with Gasteiger partial charge in [-0.05, 0) is 81.3 Å². The number of hydrogen-bond acceptors (Lipinski definition) is 7. The smallest absolute Gasteiger partial charge is 0.264 e. The number of anilines is 1. The lowest BCUT2D eigenvalue weighted by atomic mass is 10.1. The number of benzene rings is 3. The summed E-state index contributed by atoms with van der Waals surface area (Å²) in [6, 6.07) is 14.9. The van der Waals surface area contributed by atoms with Crippen molar-refractivity contribution in [3.05, 3.63) is 78.1 Å². The molecule has 0 unspecified atom stereocenters. The molecule has 3 aromatic rings. The van der Waals surface area contributed by atoms with Gasteiger partial charge in [-0.25, -0.2) is 12.8 Å². The van der Waals surface area contributed by atoms with Crippen LogP contribution in [0.4, 0.5) is 10.1 Å². The van der Waals surface area contributed by atoms with Crippen LogP contribution in [0.5, 0.6) is 17.2 Å². The molecular formula is C32H40FN3O7S. The zero-order valence-electron chi connectivity index (χ0n) is 25.9. The number of carbonyl (C=O) groups is 2. The van der Waals surface area contributed by atoms with Gasteiger partial charge in [0, 0.05) is 18.7 Å². The number of hydrogen-bond donors (Lipinski definition) is 1. The first-order chi connectivity index (χ1) is 20.9. The number of sulfonamides is 1. The normalized spacial score (nSPS) is 12.5. The maximum Gasteiger partial charge on any atom is 0.264 e. The van der Waals surface area contributed by atoms with Crippen molar-refractivity contribution in [2.24, 2.45) is 0 Å². The number of amides is 2. The van der Waals surface area contributed by atoms with Crippen LogP contribution >= 0.6 is 0 Å². The molecule has 44 heavy (non-hydrogen) atoms. The molecule has 0 aliphatic rings. The van der Waals surface area contributed by atoms with Gasteiger partial charge in [0.2, 0.25) is 11.8 Å². The Labute approximate surface area is 258 Å². The van der Waals surface area contributed by atoms with Crippen molar-refractivity contribution in [2.75, 3.05) is 31.7 Å². The SMILES string of the molecule is CCOc1ccc(N(CC(=O)N(Cc2ccc(F)cc2)[C@H](C)C(=O)N[C@H](C)CC)S(=O)(=O)c2ccc(OC)c(OC)c2)cc1. The van der Waals surface area contributed by atoms with Crippen molar-refractivity contribution >= 4 is 27.5 Å². The zero-order chi connectivity index (χ0) is 32.4. The summed E-state index contributed by atoms with van der Waals surface area (Å²) in [7, 11) is -1.53. The van der Waals surface area contributed by atoms with E-state index in [0.717, 1.165) is 4.31 Å². The van der Waals surface area contributed by atoms with Gasteiger partial charge in [0.05, 0.1) is 31.4 Å². The van der Waals surface area contributed by atoms with E-state index in [-0.39, 0.29) is 28.9 Å². The highest BCUT2D eigenvalue weighted by Crippen LogP contribution is 2.33. The van der Waals surface area contributed by atoms with Crippen molar-refractivity contribution in [1.82, 2.24) is 10.2 Å². The van der Waals surface area contributed by atoms with E-state index in [0.29, 0.717) is 30.1 Å². The molecule has 1 N–H and O–H groups in total. The van der Waals surface area contributed by atoms with E-state index in [9.17, 15) is 22.4 Å². The molecule has 2 amide bonds. The Morgan fingerprint density at radius 2 is 1.55 bits per heavy atom. The van der Waals surface area contributed by atoms with E-state index in [4.69, 9.17) is 14.2 Å². The molecule has 2 atom stereocenters. The van der Waals surface area contributed by atoms with Crippen LogP contribution < -0.4 is 23.8 Å². The predicted octanol–water partition coefficient (Wildman–Crippen LogP) is 4.77. The molecule has 10 nitrogen and oxygen atoms in total. The summed E-state index contributed by atoms with van der Waals surface area (Å²) in [5.41, 5.74) is 0.772. The third-order valence-corrected chi connectivity index (χ3v) is 8.86. The number of halogens is 1. The lowest BCUT2D eigenvalue weighted by molar-refractivity contribution is -0.139. The summed E-state index contributed by atoms with van der Waals surface area (Å²) in [6.07, 6.45) is 0.680. The second-order valence-electron chi connectivity index (χ2n) is 10.1. The highest BCUT2D eigenvalue weighted by Gasteiger charge is 2.33. The molecule has 0 saturated heterocycles. The van der Waals surface area contributed by atoms with Crippen LogP contribution in [-0.4, -0.2) is 64.6 Å². The topological polar surface area (TPSA) is 114 Å². The van der Waals surface area contributed by atoms with E-state index in [2.05, 4.69) is 5.32 Å². The first-order valence-electron chi connectivity index (χ1n) is 14.3. The Morgan fingerprint density at radius 1 is 0.909 bits per heavy atom. The molecule has 0 aliphatic heterocycles. The summed E-state index contributed by atoms with van der Waals surface area (Å²) < 4.78 is 59.0. The van der Waals surface area contributed by atoms with Crippen molar-refractivity contribution < 1.29 is 36.6 Å². The first-order valence-corrected chi connectivity index (χ1v) is 15.7. The lowest BCUT2D eigenvalue weighted by Crippen LogP contribution is -2.52. The Bertz CT molecular complexity index is 1520. The quantitative estimate of drug-likeness (QED) is 0.258. The standard InChI is InChI=1S/C32H40FN3O7S/c1-7-22(3)34-32(38)23(4)35(20-24-9-11-25(33)12-10-24)31(37)21-36(26-13-15-27(16-14-26)43-8-2)44(39,40)28-17-18-29(41-5)30(19-28)42-6/h9-19,22-23H,7-8,20-21H2,1-6H3,(H,34,38)/t22-,23-/m1/s1. The second kappa shape index (κ2) is 15.4. The van der Waals surface area contributed by atoms with Crippen LogP contribution in [0.25, 0.3) is 0 Å². The number of rotatable bonds is 15. The fraction of sp³-hybridized carbons (Fsp3) is 0.375. The van der Waals surface area contributed by atoms with Gasteiger partial charge < -0.3 is 24.4 Å². The Morgan fingerprint density at radius 3 is 2.11 bits per heavy atom. The number of methoxy groups -OCH3 is 2. The van der Waals surface area contributed by atoms with E-state index in [1.54, 1.807) is 31.2 Å². The Kier molecular flexibility index (Phi) is 12.0. The summed E-state index contributed by atoms with van der Waals surface area (Å²) in [6.45, 7) is 6.90. The van der Waals surface area contributed by atoms with E-state index in [1.165, 1.54) is 61.6 Å². The third kappa shape index (κ3) is 8.40. The van der Waals surface area contributed by atoms with Crippen LogP contribution in [0.1, 0.15) is 39.7 Å². The van der Waals surface area contributed by atoms with Gasteiger partial charge in [-0.1, -0.05) is 19.1 Å². The molecule has 0 bridgehead atoms. The minimum Gasteiger partial charge on any atom is -0.494 e. The largest absolute Gasteiger partial charge is 0.494 e. The van der Waals surface area contributed by atoms with Crippen molar-refractivity contribution in [2.45, 2.75) is 57.6 Å². The van der Waals surface area contributed by atoms with Crippen LogP contribution in [-0.2, 0) is 26.2 Å². The lowest BCUT2D eigenvalue weighted by Gasteiger charge is -2.32. The predicted molar refractivity (Wildman–Crippen MR) is 166 cm³/mol. The van der Waals surface area contributed by atoms with Gasteiger partial charge in [0.1, 0.15) is 24.2 Å². The average Bonchev–Trinajstić information content (AvgIpc) is 3.02. The monoisotopic (exact) mass is 629 g/mol. The number of nitrogens with zero attached hydrogens (tertiary/aromatic N) is 2. The molecule has 3 rings (SSSR count). The van der Waals surface area contributed by atoms with Crippen LogP contribution in [0.3, 0.4) is 0 Å². The van der Waals surface area contributed by atoms with E-state index >= 15 is 0 Å². The molecule has 0 radical (unpaired) electrons. The van der Waals surface area contributed by atoms with Crippen LogP contribution in [0.15, 0.2) is 71.6 Å². The van der Waals surface area contributed by atoms with Gasteiger partial charge in [-0.2, -0.15) is 0 Å². The Balaban J connectivity index is 2.07. The molecule has 3 aromatic carbocycles. The van der Waals surface area contributed by atoms with Crippen molar-refractivity contribution in [1.29, 1.82) is 0 Å². The molecule has 238 valence electrons. The van der Waals surface area contributed by atoms with E-state index < -0.39 is 40.2 Å². The van der Waals surface area contributed by atoms with Gasteiger partial charge in [0.25, 0.3) is 10.0 Å². The number of nitrogens with one attached hydrogen (secondary N) is 1. The zero-order valence-corrected chi connectivity index (χ0v) is 26.7. The maximum absolute atomic E-state index is 14.2. The highest BCUT2D eigenvalue weighted by molar-refractivity contribution is 7.92. The fourth-order valence-electron chi connectivity index (χ4n) is 4.34. The second-order valence-corrected chi connectivity index (χ2v) is 12.0. The molecule has 0 fully saturated rings. The summed E-state index contributed by atoms with van der Waals surface area (Å²) in [4.78, 5) is 28.4. The Hall–Kier alpha value is -4.32. The molecule has 0 aliphatic carbocycles. The number of ether oxygens (including phenoxy) is 3. The number of carbonyl (C=O) groups excluding carboxylic acids is 2. The molecule has 0 heterocycles. The molecule has 0 saturated carbocycles. The maximum atomic E-state index is 14.2. The molecule has 12 heteroatoms. The minimum atomic E-state index is -4.35. The van der Waals surface area contributed by atoms with Crippen LogP contribution in [0, 0.1) is 5.82 Å². The summed E-state index contributed by atoms with van der Waals surface area (Å²) >= 11 is 0. The van der Waals surface area contributed by atoms with Crippen molar-refractivity contribution in [3.63, 3.8) is 0 Å². The highest BCUT2D eigenvalue weighted by atomic mass is 32.2. The average molecular weight is 630 g/mol. The summed E-state index contributed by atoms with van der Waals surface area (Å²) in [5.74, 6) is -0.429. The van der Waals surface area contributed by atoms with Gasteiger partial charge in [0.15, 0.2) is 11.5 Å².